The van der Waals surface area contributed by atoms with E-state index in [0.717, 1.165) is 25.9 Å². The van der Waals surface area contributed by atoms with Gasteiger partial charge in [0.05, 0.1) is 6.42 Å². The maximum absolute atomic E-state index is 10.9. The number of thiophene rings is 1. The highest BCUT2D eigenvalue weighted by Crippen LogP contribution is 2.50. The highest BCUT2D eigenvalue weighted by atomic mass is 32.1. The fourth-order valence-electron chi connectivity index (χ4n) is 2.68. The quantitative estimate of drug-likeness (QED) is 0.824. The lowest BCUT2D eigenvalue weighted by Crippen LogP contribution is -2.32. The SMILES string of the molecule is O=C(O)CC1(CN(Cc2cccs2)C2CC2)CC1. The predicted octanol–water partition coefficient (Wildman–Crippen LogP) is 2.97. The molecule has 2 aliphatic rings. The van der Waals surface area contributed by atoms with Gasteiger partial charge in [-0.05, 0) is 42.5 Å². The number of hydrogen-bond donors (Lipinski definition) is 1. The number of hydrogen-bond acceptors (Lipinski definition) is 3. The van der Waals surface area contributed by atoms with Gasteiger partial charge < -0.3 is 5.11 Å². The first-order valence-electron chi connectivity index (χ1n) is 6.65. The number of carboxylic acid groups (broad SMARTS) is 1. The standard InChI is InChI=1S/C14H19NO2S/c16-13(17)8-14(5-6-14)10-15(11-3-4-11)9-12-2-1-7-18-12/h1-2,7,11H,3-6,8-10H2,(H,16,17). The van der Waals surface area contributed by atoms with Crippen LogP contribution in [0.3, 0.4) is 0 Å². The van der Waals surface area contributed by atoms with E-state index in [1.807, 2.05) is 0 Å². The first kappa shape index (κ1) is 12.2. The van der Waals surface area contributed by atoms with Crippen LogP contribution in [0.2, 0.25) is 0 Å². The molecule has 4 heteroatoms. The third-order valence-corrected chi connectivity index (χ3v) is 4.89. The lowest BCUT2D eigenvalue weighted by Gasteiger charge is -2.26. The van der Waals surface area contributed by atoms with Gasteiger partial charge in [-0.2, -0.15) is 0 Å². The molecule has 0 saturated heterocycles. The second-order valence-electron chi connectivity index (χ2n) is 5.79. The summed E-state index contributed by atoms with van der Waals surface area (Å²) in [5.41, 5.74) is 0.0890. The van der Waals surface area contributed by atoms with Crippen molar-refractivity contribution in [3.05, 3.63) is 22.4 Å². The minimum Gasteiger partial charge on any atom is -0.481 e. The van der Waals surface area contributed by atoms with E-state index in [0.29, 0.717) is 12.5 Å². The van der Waals surface area contributed by atoms with Gasteiger partial charge in [-0.15, -0.1) is 11.3 Å². The molecule has 0 unspecified atom stereocenters. The number of aliphatic carboxylic acids is 1. The van der Waals surface area contributed by atoms with Gasteiger partial charge in [0, 0.05) is 24.0 Å². The van der Waals surface area contributed by atoms with Gasteiger partial charge in [-0.1, -0.05) is 6.07 Å². The third kappa shape index (κ3) is 2.93. The normalized spacial score (nSPS) is 21.2. The Balaban J connectivity index is 1.62. The van der Waals surface area contributed by atoms with Crippen LogP contribution in [0.5, 0.6) is 0 Å². The van der Waals surface area contributed by atoms with Gasteiger partial charge in [-0.25, -0.2) is 0 Å². The second-order valence-corrected chi connectivity index (χ2v) is 6.82. The molecule has 3 rings (SSSR count). The van der Waals surface area contributed by atoms with Crippen LogP contribution in [0, 0.1) is 5.41 Å². The molecule has 1 aromatic rings. The molecule has 0 bridgehead atoms. The first-order valence-corrected chi connectivity index (χ1v) is 7.53. The summed E-state index contributed by atoms with van der Waals surface area (Å²) in [6, 6.07) is 4.98. The molecule has 1 heterocycles. The topological polar surface area (TPSA) is 40.5 Å². The molecule has 0 aromatic carbocycles. The van der Waals surface area contributed by atoms with E-state index in [9.17, 15) is 4.79 Å². The summed E-state index contributed by atoms with van der Waals surface area (Å²) in [5, 5.41) is 11.1. The van der Waals surface area contributed by atoms with Crippen molar-refractivity contribution in [3.63, 3.8) is 0 Å². The number of carboxylic acids is 1. The number of nitrogens with zero attached hydrogens (tertiary/aromatic N) is 1. The molecule has 3 nitrogen and oxygen atoms in total. The summed E-state index contributed by atoms with van der Waals surface area (Å²) in [6.45, 7) is 1.98. The Morgan fingerprint density at radius 2 is 2.28 bits per heavy atom. The van der Waals surface area contributed by atoms with Crippen molar-refractivity contribution < 1.29 is 9.90 Å². The second kappa shape index (κ2) is 4.67. The smallest absolute Gasteiger partial charge is 0.303 e. The summed E-state index contributed by atoms with van der Waals surface area (Å²) in [7, 11) is 0. The van der Waals surface area contributed by atoms with Crippen molar-refractivity contribution >= 4 is 17.3 Å². The van der Waals surface area contributed by atoms with Gasteiger partial charge in [-0.3, -0.25) is 9.69 Å². The van der Waals surface area contributed by atoms with Gasteiger partial charge in [0.15, 0.2) is 0 Å². The van der Waals surface area contributed by atoms with Crippen molar-refractivity contribution in [1.82, 2.24) is 4.90 Å². The van der Waals surface area contributed by atoms with Crippen LogP contribution in [-0.4, -0.2) is 28.6 Å². The average Bonchev–Trinajstić information content (AvgIpc) is 3.21. The molecule has 0 spiro atoms. The van der Waals surface area contributed by atoms with E-state index in [1.165, 1.54) is 17.7 Å². The molecular weight excluding hydrogens is 246 g/mol. The Bertz CT molecular complexity index is 421. The summed E-state index contributed by atoms with van der Waals surface area (Å²) < 4.78 is 0. The molecule has 2 fully saturated rings. The van der Waals surface area contributed by atoms with Crippen LogP contribution >= 0.6 is 11.3 Å². The van der Waals surface area contributed by atoms with Crippen LogP contribution in [0.4, 0.5) is 0 Å². The van der Waals surface area contributed by atoms with Crippen molar-refractivity contribution in [1.29, 1.82) is 0 Å². The van der Waals surface area contributed by atoms with Gasteiger partial charge in [0.2, 0.25) is 0 Å². The summed E-state index contributed by atoms with van der Waals surface area (Å²) in [6.07, 6.45) is 5.10. The van der Waals surface area contributed by atoms with Crippen LogP contribution in [0.25, 0.3) is 0 Å². The van der Waals surface area contributed by atoms with Crippen LogP contribution in [-0.2, 0) is 11.3 Å². The van der Waals surface area contributed by atoms with Crippen molar-refractivity contribution in [3.8, 4) is 0 Å². The van der Waals surface area contributed by atoms with E-state index in [4.69, 9.17) is 5.11 Å². The van der Waals surface area contributed by atoms with Gasteiger partial charge in [0.25, 0.3) is 0 Å². The van der Waals surface area contributed by atoms with Gasteiger partial charge >= 0.3 is 5.97 Å². The Kier molecular flexibility index (Phi) is 3.16. The molecule has 0 amide bonds. The third-order valence-electron chi connectivity index (χ3n) is 4.02. The molecule has 0 atom stereocenters. The van der Waals surface area contributed by atoms with E-state index >= 15 is 0 Å². The van der Waals surface area contributed by atoms with Crippen LogP contribution < -0.4 is 0 Å². The van der Waals surface area contributed by atoms with E-state index in [-0.39, 0.29) is 5.41 Å². The summed E-state index contributed by atoms with van der Waals surface area (Å²) in [5.74, 6) is -0.639. The maximum atomic E-state index is 10.9. The van der Waals surface area contributed by atoms with E-state index in [2.05, 4.69) is 22.4 Å². The number of rotatable bonds is 7. The molecule has 1 aromatic heterocycles. The molecule has 18 heavy (non-hydrogen) atoms. The Morgan fingerprint density at radius 3 is 2.78 bits per heavy atom. The maximum Gasteiger partial charge on any atom is 0.303 e. The minimum absolute atomic E-state index is 0.0890. The molecule has 98 valence electrons. The fraction of sp³-hybridized carbons (Fsp3) is 0.643. The van der Waals surface area contributed by atoms with E-state index in [1.54, 1.807) is 11.3 Å². The van der Waals surface area contributed by atoms with E-state index < -0.39 is 5.97 Å². The van der Waals surface area contributed by atoms with Crippen molar-refractivity contribution in [2.45, 2.75) is 44.7 Å². The summed E-state index contributed by atoms with van der Waals surface area (Å²) in [4.78, 5) is 14.8. The Morgan fingerprint density at radius 1 is 1.50 bits per heavy atom. The highest BCUT2D eigenvalue weighted by Gasteiger charge is 2.47. The number of carbonyl (C=O) groups is 1. The largest absolute Gasteiger partial charge is 0.481 e. The molecule has 0 aliphatic heterocycles. The minimum atomic E-state index is -0.639. The zero-order valence-corrected chi connectivity index (χ0v) is 11.3. The average molecular weight is 265 g/mol. The fourth-order valence-corrected chi connectivity index (χ4v) is 3.41. The molecule has 0 radical (unpaired) electrons. The van der Waals surface area contributed by atoms with Crippen LogP contribution in [0.15, 0.2) is 17.5 Å². The Hall–Kier alpha value is -0.870. The zero-order chi connectivity index (χ0) is 12.6. The monoisotopic (exact) mass is 265 g/mol. The molecular formula is C14H19NO2S. The van der Waals surface area contributed by atoms with Gasteiger partial charge in [0.1, 0.15) is 0 Å². The lowest BCUT2D eigenvalue weighted by molar-refractivity contribution is -0.138. The lowest BCUT2D eigenvalue weighted by atomic mass is 10.0. The van der Waals surface area contributed by atoms with Crippen LogP contribution in [0.1, 0.15) is 37.0 Å². The summed E-state index contributed by atoms with van der Waals surface area (Å²) >= 11 is 1.80. The molecule has 2 saturated carbocycles. The van der Waals surface area contributed by atoms with Crippen molar-refractivity contribution in [2.75, 3.05) is 6.54 Å². The zero-order valence-electron chi connectivity index (χ0n) is 10.5. The Labute approximate surface area is 111 Å². The predicted molar refractivity (Wildman–Crippen MR) is 71.7 cm³/mol. The van der Waals surface area contributed by atoms with Crippen molar-refractivity contribution in [2.24, 2.45) is 5.41 Å². The molecule has 2 aliphatic carbocycles. The first-order chi connectivity index (χ1) is 8.67. The highest BCUT2D eigenvalue weighted by molar-refractivity contribution is 7.09. The molecule has 1 N–H and O–H groups in total.